The van der Waals surface area contributed by atoms with Crippen molar-refractivity contribution in [1.82, 2.24) is 9.88 Å². The summed E-state index contributed by atoms with van der Waals surface area (Å²) in [7, 11) is 2.15. The van der Waals surface area contributed by atoms with Crippen molar-refractivity contribution in [3.8, 4) is 0 Å². The van der Waals surface area contributed by atoms with Crippen LogP contribution in [0.4, 0.5) is 0 Å². The van der Waals surface area contributed by atoms with Gasteiger partial charge in [0.2, 0.25) is 5.91 Å². The maximum Gasteiger partial charge on any atom is 0.224 e. The number of fused-ring (bicyclic) bond motifs is 3. The highest BCUT2D eigenvalue weighted by Crippen LogP contribution is 2.31. The summed E-state index contributed by atoms with van der Waals surface area (Å²) >= 11 is 3.43. The van der Waals surface area contributed by atoms with Crippen molar-refractivity contribution in [3.05, 3.63) is 69.8 Å². The molecular weight excluding hydrogens is 376 g/mol. The van der Waals surface area contributed by atoms with Crippen molar-refractivity contribution in [2.45, 2.75) is 31.7 Å². The Morgan fingerprint density at radius 2 is 1.96 bits per heavy atom. The average molecular weight is 397 g/mol. The molecule has 3 nitrogen and oxygen atoms in total. The van der Waals surface area contributed by atoms with E-state index < -0.39 is 0 Å². The maximum atomic E-state index is 12.4. The summed E-state index contributed by atoms with van der Waals surface area (Å²) in [5.41, 5.74) is 5.15. The third-order valence-electron chi connectivity index (χ3n) is 5.17. The zero-order valence-corrected chi connectivity index (χ0v) is 15.8. The zero-order valence-electron chi connectivity index (χ0n) is 14.3. The number of aromatic nitrogens is 1. The minimum Gasteiger partial charge on any atom is -0.353 e. The number of amides is 1. The number of halogens is 1. The van der Waals surface area contributed by atoms with Gasteiger partial charge in [0.05, 0.1) is 6.42 Å². The molecule has 0 fully saturated rings. The molecule has 1 aliphatic rings. The Hall–Kier alpha value is -2.07. The minimum atomic E-state index is 0.107. The number of carbonyl (C=O) groups excluding carboxylic acids is 1. The Bertz CT molecular complexity index is 927. The van der Waals surface area contributed by atoms with E-state index in [-0.39, 0.29) is 11.9 Å². The van der Waals surface area contributed by atoms with E-state index in [9.17, 15) is 4.79 Å². The molecule has 0 saturated heterocycles. The first kappa shape index (κ1) is 16.4. The molecule has 4 heteroatoms. The van der Waals surface area contributed by atoms with Gasteiger partial charge < -0.3 is 9.88 Å². The standard InChI is InChI=1S/C21H21BrN2O/c1-24-19-5-3-2-4-17(19)18-13-16(10-11-20(18)24)23-21(25)12-14-6-8-15(22)9-7-14/h2-9,16H,10-13H2,1H3,(H,23,25). The number of para-hydroxylation sites is 1. The number of hydrogen-bond acceptors (Lipinski definition) is 1. The van der Waals surface area contributed by atoms with E-state index in [1.165, 1.54) is 22.2 Å². The average Bonchev–Trinajstić information content (AvgIpc) is 2.90. The van der Waals surface area contributed by atoms with Crippen LogP contribution in [0.2, 0.25) is 0 Å². The molecule has 1 unspecified atom stereocenters. The SMILES string of the molecule is Cn1c2c(c3ccccc31)CC(NC(=O)Cc1ccc(Br)cc1)CC2. The number of nitrogens with zero attached hydrogens (tertiary/aromatic N) is 1. The molecule has 4 rings (SSSR count). The lowest BCUT2D eigenvalue weighted by Crippen LogP contribution is -2.39. The second-order valence-corrected chi connectivity index (χ2v) is 7.73. The van der Waals surface area contributed by atoms with E-state index in [2.05, 4.69) is 57.1 Å². The highest BCUT2D eigenvalue weighted by atomic mass is 79.9. The summed E-state index contributed by atoms with van der Waals surface area (Å²) in [6.45, 7) is 0. The lowest BCUT2D eigenvalue weighted by Gasteiger charge is -2.24. The molecule has 0 radical (unpaired) electrons. The molecule has 0 bridgehead atoms. The van der Waals surface area contributed by atoms with E-state index in [1.54, 1.807) is 0 Å². The summed E-state index contributed by atoms with van der Waals surface area (Å²) in [5, 5.41) is 4.56. The topological polar surface area (TPSA) is 34.0 Å². The van der Waals surface area contributed by atoms with Crippen LogP contribution in [-0.4, -0.2) is 16.5 Å². The second-order valence-electron chi connectivity index (χ2n) is 6.81. The second kappa shape index (κ2) is 6.68. The van der Waals surface area contributed by atoms with Crippen LogP contribution in [0.15, 0.2) is 53.0 Å². The fourth-order valence-electron chi connectivity index (χ4n) is 3.92. The zero-order chi connectivity index (χ0) is 17.4. The van der Waals surface area contributed by atoms with Gasteiger partial charge in [-0.2, -0.15) is 0 Å². The Kier molecular flexibility index (Phi) is 4.38. The van der Waals surface area contributed by atoms with Crippen LogP contribution in [0, 0.1) is 0 Å². The summed E-state index contributed by atoms with van der Waals surface area (Å²) in [4.78, 5) is 12.4. The normalized spacial score (nSPS) is 16.6. The number of hydrogen-bond donors (Lipinski definition) is 1. The van der Waals surface area contributed by atoms with Crippen LogP contribution in [0.3, 0.4) is 0 Å². The fraction of sp³-hybridized carbons (Fsp3) is 0.286. The van der Waals surface area contributed by atoms with E-state index in [0.717, 1.165) is 29.3 Å². The van der Waals surface area contributed by atoms with Gasteiger partial charge in [-0.3, -0.25) is 4.79 Å². The van der Waals surface area contributed by atoms with Gasteiger partial charge in [0.25, 0.3) is 0 Å². The largest absolute Gasteiger partial charge is 0.353 e. The van der Waals surface area contributed by atoms with Gasteiger partial charge in [-0.05, 0) is 48.6 Å². The Morgan fingerprint density at radius 3 is 2.76 bits per heavy atom. The summed E-state index contributed by atoms with van der Waals surface area (Å²) in [6.07, 6.45) is 3.38. The predicted octanol–water partition coefficient (Wildman–Crippen LogP) is 4.16. The number of benzene rings is 2. The highest BCUT2D eigenvalue weighted by molar-refractivity contribution is 9.10. The molecule has 1 heterocycles. The Labute approximate surface area is 156 Å². The van der Waals surface area contributed by atoms with Crippen LogP contribution < -0.4 is 5.32 Å². The van der Waals surface area contributed by atoms with Gasteiger partial charge in [-0.1, -0.05) is 46.3 Å². The van der Waals surface area contributed by atoms with Gasteiger partial charge in [0.15, 0.2) is 0 Å². The molecule has 0 saturated carbocycles. The van der Waals surface area contributed by atoms with Crippen LogP contribution in [0.1, 0.15) is 23.2 Å². The minimum absolute atomic E-state index is 0.107. The quantitative estimate of drug-likeness (QED) is 0.708. The summed E-state index contributed by atoms with van der Waals surface area (Å²) in [6, 6.07) is 16.7. The molecule has 3 aromatic rings. The maximum absolute atomic E-state index is 12.4. The van der Waals surface area contributed by atoms with Gasteiger partial charge in [0, 0.05) is 34.2 Å². The molecule has 0 aliphatic heterocycles. The summed E-state index contributed by atoms with van der Waals surface area (Å²) < 4.78 is 3.34. The van der Waals surface area contributed by atoms with Crippen LogP contribution >= 0.6 is 15.9 Å². The predicted molar refractivity (Wildman–Crippen MR) is 105 cm³/mol. The number of nitrogens with one attached hydrogen (secondary N) is 1. The Balaban J connectivity index is 1.48. The molecule has 1 aliphatic carbocycles. The van der Waals surface area contributed by atoms with E-state index >= 15 is 0 Å². The lowest BCUT2D eigenvalue weighted by molar-refractivity contribution is -0.121. The highest BCUT2D eigenvalue weighted by Gasteiger charge is 2.25. The molecule has 25 heavy (non-hydrogen) atoms. The van der Waals surface area contributed by atoms with Gasteiger partial charge >= 0.3 is 0 Å². The first-order valence-electron chi connectivity index (χ1n) is 8.71. The number of rotatable bonds is 3. The molecule has 0 spiro atoms. The Morgan fingerprint density at radius 1 is 1.20 bits per heavy atom. The molecule has 1 aromatic heterocycles. The van der Waals surface area contributed by atoms with Crippen molar-refractivity contribution in [1.29, 1.82) is 0 Å². The van der Waals surface area contributed by atoms with Crippen molar-refractivity contribution >= 4 is 32.7 Å². The van der Waals surface area contributed by atoms with Crippen molar-refractivity contribution in [2.75, 3.05) is 0 Å². The van der Waals surface area contributed by atoms with Gasteiger partial charge in [0.1, 0.15) is 0 Å². The summed E-state index contributed by atoms with van der Waals surface area (Å²) in [5.74, 6) is 0.107. The first-order chi connectivity index (χ1) is 12.1. The molecule has 1 N–H and O–H groups in total. The molecule has 1 atom stereocenters. The number of aryl methyl sites for hydroxylation is 1. The molecule has 128 valence electrons. The van der Waals surface area contributed by atoms with Crippen LogP contribution in [0.25, 0.3) is 10.9 Å². The smallest absolute Gasteiger partial charge is 0.224 e. The lowest BCUT2D eigenvalue weighted by atomic mass is 9.91. The molecule has 1 amide bonds. The van der Waals surface area contributed by atoms with Crippen molar-refractivity contribution in [3.63, 3.8) is 0 Å². The fourth-order valence-corrected chi connectivity index (χ4v) is 4.18. The van der Waals surface area contributed by atoms with Crippen LogP contribution in [0.5, 0.6) is 0 Å². The number of carbonyl (C=O) groups is 1. The van der Waals surface area contributed by atoms with Crippen molar-refractivity contribution < 1.29 is 4.79 Å². The third-order valence-corrected chi connectivity index (χ3v) is 5.70. The monoisotopic (exact) mass is 396 g/mol. The van der Waals surface area contributed by atoms with E-state index in [0.29, 0.717) is 6.42 Å². The molecular formula is C21H21BrN2O. The third kappa shape index (κ3) is 3.23. The molecule has 2 aromatic carbocycles. The van der Waals surface area contributed by atoms with E-state index in [4.69, 9.17) is 0 Å². The van der Waals surface area contributed by atoms with Gasteiger partial charge in [-0.15, -0.1) is 0 Å². The first-order valence-corrected chi connectivity index (χ1v) is 9.50. The van der Waals surface area contributed by atoms with E-state index in [1.807, 2.05) is 24.3 Å². The van der Waals surface area contributed by atoms with Gasteiger partial charge in [-0.25, -0.2) is 0 Å². The van der Waals surface area contributed by atoms with Crippen LogP contribution in [-0.2, 0) is 31.1 Å². The van der Waals surface area contributed by atoms with Crippen molar-refractivity contribution in [2.24, 2.45) is 7.05 Å².